The molecule has 0 spiro atoms. The fraction of sp³-hybridized carbons (Fsp3) is 0.286. The third kappa shape index (κ3) is 3.74. The number of aryl methyl sites for hydroxylation is 2. The van der Waals surface area contributed by atoms with Gasteiger partial charge in [0.1, 0.15) is 5.82 Å². The minimum Gasteiger partial charge on any atom is -0.363 e. The van der Waals surface area contributed by atoms with Crippen LogP contribution in [0.15, 0.2) is 60.7 Å². The highest BCUT2D eigenvalue weighted by Crippen LogP contribution is 2.25. The Morgan fingerprint density at radius 2 is 1.48 bits per heavy atom. The van der Waals surface area contributed by atoms with Gasteiger partial charge in [0.15, 0.2) is 0 Å². The van der Waals surface area contributed by atoms with E-state index in [0.717, 1.165) is 18.1 Å². The van der Waals surface area contributed by atoms with Crippen LogP contribution in [0.25, 0.3) is 0 Å². The Bertz CT molecular complexity index is 767. The smallest absolute Gasteiger partial charge is 0.130 e. The summed E-state index contributed by atoms with van der Waals surface area (Å²) in [7, 11) is 6.12. The first kappa shape index (κ1) is 17.2. The summed E-state index contributed by atoms with van der Waals surface area (Å²) in [6, 6.07) is 21.3. The summed E-state index contributed by atoms with van der Waals surface area (Å²) in [6.45, 7) is 2.84. The first-order chi connectivity index (χ1) is 12.1. The van der Waals surface area contributed by atoms with Gasteiger partial charge in [0.2, 0.25) is 0 Å². The Kier molecular flexibility index (Phi) is 5.19. The summed E-state index contributed by atoms with van der Waals surface area (Å²) in [4.78, 5) is 2.12. The van der Waals surface area contributed by atoms with Crippen molar-refractivity contribution in [2.24, 2.45) is 7.05 Å². The molecule has 0 bridgehead atoms. The number of nitrogens with one attached hydrogen (secondary N) is 1. The fourth-order valence-corrected chi connectivity index (χ4v) is 3.38. The van der Waals surface area contributed by atoms with Crippen molar-refractivity contribution in [3.05, 3.63) is 83.0 Å². The van der Waals surface area contributed by atoms with E-state index in [1.54, 1.807) is 0 Å². The minimum absolute atomic E-state index is 0.150. The Labute approximate surface area is 150 Å². The van der Waals surface area contributed by atoms with Gasteiger partial charge in [0, 0.05) is 33.3 Å². The number of hydrogen-bond donors (Lipinski definition) is 1. The molecule has 4 heteroatoms. The lowest BCUT2D eigenvalue weighted by atomic mass is 9.98. The van der Waals surface area contributed by atoms with Gasteiger partial charge < -0.3 is 10.2 Å². The van der Waals surface area contributed by atoms with Crippen molar-refractivity contribution in [3.8, 4) is 0 Å². The molecule has 130 valence electrons. The molecule has 1 heterocycles. The first-order valence-corrected chi connectivity index (χ1v) is 8.61. The lowest BCUT2D eigenvalue weighted by molar-refractivity contribution is 0.603. The zero-order chi connectivity index (χ0) is 17.8. The maximum atomic E-state index is 4.59. The summed E-state index contributed by atoms with van der Waals surface area (Å²) < 4.78 is 1.95. The van der Waals surface area contributed by atoms with E-state index in [1.807, 2.05) is 11.7 Å². The molecule has 0 fully saturated rings. The zero-order valence-corrected chi connectivity index (χ0v) is 15.4. The van der Waals surface area contributed by atoms with Gasteiger partial charge in [0.05, 0.1) is 11.7 Å². The van der Waals surface area contributed by atoms with Crippen LogP contribution < -0.4 is 10.2 Å². The van der Waals surface area contributed by atoms with Crippen LogP contribution in [0, 0.1) is 6.92 Å². The van der Waals surface area contributed by atoms with Gasteiger partial charge in [0.25, 0.3) is 0 Å². The van der Waals surface area contributed by atoms with E-state index >= 15 is 0 Å². The van der Waals surface area contributed by atoms with Gasteiger partial charge in [-0.25, -0.2) is 0 Å². The molecule has 3 rings (SSSR count). The minimum atomic E-state index is 0.150. The van der Waals surface area contributed by atoms with Gasteiger partial charge in [-0.05, 0) is 18.1 Å². The Morgan fingerprint density at radius 3 is 1.96 bits per heavy atom. The molecule has 0 aliphatic rings. The van der Waals surface area contributed by atoms with E-state index in [0.29, 0.717) is 0 Å². The van der Waals surface area contributed by atoms with E-state index in [1.165, 1.54) is 16.7 Å². The van der Waals surface area contributed by atoms with E-state index in [4.69, 9.17) is 0 Å². The number of benzene rings is 2. The number of anilines is 1. The molecule has 0 aliphatic carbocycles. The van der Waals surface area contributed by atoms with E-state index in [2.05, 4.69) is 97.0 Å². The van der Waals surface area contributed by atoms with Crippen LogP contribution >= 0.6 is 0 Å². The van der Waals surface area contributed by atoms with Crippen molar-refractivity contribution in [1.82, 2.24) is 15.1 Å². The number of aromatic nitrogens is 2. The van der Waals surface area contributed by atoms with Crippen molar-refractivity contribution in [1.29, 1.82) is 0 Å². The van der Waals surface area contributed by atoms with Crippen molar-refractivity contribution >= 4 is 5.82 Å². The number of rotatable bonds is 6. The molecular formula is C21H26N4. The average molecular weight is 334 g/mol. The van der Waals surface area contributed by atoms with Crippen LogP contribution in [0.5, 0.6) is 0 Å². The number of hydrogen-bond acceptors (Lipinski definition) is 3. The summed E-state index contributed by atoms with van der Waals surface area (Å²) >= 11 is 0. The Hall–Kier alpha value is -2.59. The molecule has 0 aliphatic heterocycles. The molecule has 25 heavy (non-hydrogen) atoms. The van der Waals surface area contributed by atoms with Crippen LogP contribution in [0.2, 0.25) is 0 Å². The van der Waals surface area contributed by atoms with Crippen LogP contribution in [0.1, 0.15) is 28.4 Å². The largest absolute Gasteiger partial charge is 0.363 e. The predicted octanol–water partition coefficient (Wildman–Crippen LogP) is 3.67. The maximum Gasteiger partial charge on any atom is 0.130 e. The summed E-state index contributed by atoms with van der Waals surface area (Å²) in [5, 5.41) is 8.33. The van der Waals surface area contributed by atoms with Gasteiger partial charge >= 0.3 is 0 Å². The van der Waals surface area contributed by atoms with Crippen molar-refractivity contribution in [2.75, 3.05) is 19.0 Å². The molecule has 2 aromatic carbocycles. The summed E-state index contributed by atoms with van der Waals surface area (Å²) in [5.41, 5.74) is 4.84. The van der Waals surface area contributed by atoms with Gasteiger partial charge in [-0.15, -0.1) is 0 Å². The zero-order valence-electron chi connectivity index (χ0n) is 15.4. The Morgan fingerprint density at radius 1 is 0.960 bits per heavy atom. The second kappa shape index (κ2) is 7.53. The second-order valence-corrected chi connectivity index (χ2v) is 6.54. The normalized spacial score (nSPS) is 11.1. The molecule has 0 saturated carbocycles. The quantitative estimate of drug-likeness (QED) is 0.746. The van der Waals surface area contributed by atoms with Gasteiger partial charge in [-0.3, -0.25) is 4.68 Å². The standard InChI is InChI=1S/C21H26N4/c1-16-19(21(24(2)3)25(4)23-16)15-22-20(17-11-7-5-8-12-17)18-13-9-6-10-14-18/h5-14,20,22H,15H2,1-4H3. The lowest BCUT2D eigenvalue weighted by Gasteiger charge is -2.21. The van der Waals surface area contributed by atoms with E-state index < -0.39 is 0 Å². The third-order valence-corrected chi connectivity index (χ3v) is 4.49. The topological polar surface area (TPSA) is 33.1 Å². The molecule has 3 aromatic rings. The van der Waals surface area contributed by atoms with Crippen molar-refractivity contribution < 1.29 is 0 Å². The summed E-state index contributed by atoms with van der Waals surface area (Å²) in [5.74, 6) is 1.14. The van der Waals surface area contributed by atoms with Crippen molar-refractivity contribution in [2.45, 2.75) is 19.5 Å². The molecule has 4 nitrogen and oxygen atoms in total. The third-order valence-electron chi connectivity index (χ3n) is 4.49. The molecule has 1 N–H and O–H groups in total. The molecule has 1 aromatic heterocycles. The SMILES string of the molecule is Cc1nn(C)c(N(C)C)c1CNC(c1ccccc1)c1ccccc1. The molecule has 0 unspecified atom stereocenters. The van der Waals surface area contributed by atoms with Gasteiger partial charge in [-0.1, -0.05) is 60.7 Å². The molecule has 0 radical (unpaired) electrons. The maximum absolute atomic E-state index is 4.59. The first-order valence-electron chi connectivity index (χ1n) is 8.61. The average Bonchev–Trinajstić information content (AvgIpc) is 2.90. The highest BCUT2D eigenvalue weighted by Gasteiger charge is 2.18. The fourth-order valence-electron chi connectivity index (χ4n) is 3.38. The highest BCUT2D eigenvalue weighted by atomic mass is 15.4. The van der Waals surface area contributed by atoms with Crippen LogP contribution in [0.3, 0.4) is 0 Å². The van der Waals surface area contributed by atoms with E-state index in [-0.39, 0.29) is 6.04 Å². The van der Waals surface area contributed by atoms with Crippen molar-refractivity contribution in [3.63, 3.8) is 0 Å². The highest BCUT2D eigenvalue weighted by molar-refractivity contribution is 5.49. The molecular weight excluding hydrogens is 308 g/mol. The monoisotopic (exact) mass is 334 g/mol. The lowest BCUT2D eigenvalue weighted by Crippen LogP contribution is -2.24. The van der Waals surface area contributed by atoms with Crippen LogP contribution in [0.4, 0.5) is 5.82 Å². The predicted molar refractivity (Wildman–Crippen MR) is 104 cm³/mol. The van der Waals surface area contributed by atoms with Gasteiger partial charge in [-0.2, -0.15) is 5.10 Å². The Balaban J connectivity index is 1.90. The molecule has 0 saturated heterocycles. The van der Waals surface area contributed by atoms with Crippen LogP contribution in [-0.4, -0.2) is 23.9 Å². The molecule has 0 amide bonds. The van der Waals surface area contributed by atoms with E-state index in [9.17, 15) is 0 Å². The number of nitrogens with zero attached hydrogens (tertiary/aromatic N) is 3. The second-order valence-electron chi connectivity index (χ2n) is 6.54. The molecule has 0 atom stereocenters. The summed E-state index contributed by atoms with van der Waals surface area (Å²) in [6.07, 6.45) is 0. The van der Waals surface area contributed by atoms with Crippen LogP contribution in [-0.2, 0) is 13.6 Å².